The molecule has 1 N–H and O–H groups in total. The van der Waals surface area contributed by atoms with E-state index in [4.69, 9.17) is 4.42 Å². The number of aromatic nitrogens is 1. The summed E-state index contributed by atoms with van der Waals surface area (Å²) in [6.45, 7) is 2.84. The Hall–Kier alpha value is -1.62. The monoisotopic (exact) mass is 350 g/mol. The Morgan fingerprint density at radius 2 is 2.29 bits per heavy atom. The summed E-state index contributed by atoms with van der Waals surface area (Å²) in [7, 11) is 0. The molecule has 2 rings (SSSR count). The molecule has 21 heavy (non-hydrogen) atoms. The van der Waals surface area contributed by atoms with Crippen LogP contribution in [0.25, 0.3) is 11.3 Å². The fraction of sp³-hybridized carbons (Fsp3) is 0.375. The maximum absolute atomic E-state index is 11.6. The summed E-state index contributed by atoms with van der Waals surface area (Å²) in [5, 5.41) is 2.89. The molecule has 0 spiro atoms. The first kappa shape index (κ1) is 15.8. The van der Waals surface area contributed by atoms with Crippen LogP contribution in [-0.2, 0) is 11.2 Å². The largest absolute Gasteiger partial charge is 0.441 e. The minimum Gasteiger partial charge on any atom is -0.441 e. The van der Waals surface area contributed by atoms with Gasteiger partial charge in [-0.25, -0.2) is 4.98 Å². The lowest BCUT2D eigenvalue weighted by molar-refractivity contribution is -0.121. The zero-order valence-corrected chi connectivity index (χ0v) is 13.6. The van der Waals surface area contributed by atoms with Crippen molar-refractivity contribution < 1.29 is 9.21 Å². The Labute approximate surface area is 133 Å². The molecule has 0 atom stereocenters. The third-order valence-electron chi connectivity index (χ3n) is 3.08. The standard InChI is InChI=1S/C16H19BrN2O2/c1-2-3-9-18-15(20)7-8-16-19-11-14(21-16)12-5-4-6-13(17)10-12/h4-6,10-11H,2-3,7-9H2,1H3,(H,18,20). The van der Waals surface area contributed by atoms with Crippen LogP contribution >= 0.6 is 15.9 Å². The number of oxazole rings is 1. The van der Waals surface area contributed by atoms with Crippen LogP contribution in [0.3, 0.4) is 0 Å². The van der Waals surface area contributed by atoms with Crippen molar-refractivity contribution in [3.8, 4) is 11.3 Å². The van der Waals surface area contributed by atoms with Crippen molar-refractivity contribution >= 4 is 21.8 Å². The summed E-state index contributed by atoms with van der Waals surface area (Å²) >= 11 is 3.43. The molecule has 0 aliphatic heterocycles. The lowest BCUT2D eigenvalue weighted by atomic mass is 10.2. The molecule has 112 valence electrons. The molecule has 0 fully saturated rings. The highest BCUT2D eigenvalue weighted by Crippen LogP contribution is 2.23. The topological polar surface area (TPSA) is 55.1 Å². The second-order valence-electron chi connectivity index (χ2n) is 4.83. The molecule has 0 radical (unpaired) electrons. The van der Waals surface area contributed by atoms with Crippen LogP contribution in [-0.4, -0.2) is 17.4 Å². The minimum absolute atomic E-state index is 0.0469. The number of amides is 1. The van der Waals surface area contributed by atoms with Crippen molar-refractivity contribution in [2.24, 2.45) is 0 Å². The highest BCUT2D eigenvalue weighted by molar-refractivity contribution is 9.10. The van der Waals surface area contributed by atoms with Gasteiger partial charge in [0, 0.05) is 29.4 Å². The second kappa shape index (κ2) is 7.98. The minimum atomic E-state index is 0.0469. The van der Waals surface area contributed by atoms with E-state index < -0.39 is 0 Å². The lowest BCUT2D eigenvalue weighted by Gasteiger charge is -2.02. The highest BCUT2D eigenvalue weighted by Gasteiger charge is 2.09. The van der Waals surface area contributed by atoms with Crippen molar-refractivity contribution in [1.29, 1.82) is 0 Å². The van der Waals surface area contributed by atoms with Crippen LogP contribution in [0.5, 0.6) is 0 Å². The predicted molar refractivity (Wildman–Crippen MR) is 85.9 cm³/mol. The zero-order valence-electron chi connectivity index (χ0n) is 12.1. The van der Waals surface area contributed by atoms with E-state index in [1.165, 1.54) is 0 Å². The normalized spacial score (nSPS) is 10.6. The lowest BCUT2D eigenvalue weighted by Crippen LogP contribution is -2.24. The molecule has 0 saturated carbocycles. The fourth-order valence-electron chi connectivity index (χ4n) is 1.91. The molecule has 1 aromatic carbocycles. The van der Waals surface area contributed by atoms with Gasteiger partial charge < -0.3 is 9.73 Å². The fourth-order valence-corrected chi connectivity index (χ4v) is 2.31. The Morgan fingerprint density at radius 1 is 1.43 bits per heavy atom. The predicted octanol–water partition coefficient (Wildman–Crippen LogP) is 3.95. The van der Waals surface area contributed by atoms with E-state index in [-0.39, 0.29) is 5.91 Å². The summed E-state index contributed by atoms with van der Waals surface area (Å²) in [5.74, 6) is 1.36. The van der Waals surface area contributed by atoms with Crippen LogP contribution in [0, 0.1) is 0 Å². The average molecular weight is 351 g/mol. The molecular weight excluding hydrogens is 332 g/mol. The first-order valence-corrected chi connectivity index (χ1v) is 7.95. The van der Waals surface area contributed by atoms with Gasteiger partial charge in [-0.3, -0.25) is 4.79 Å². The van der Waals surface area contributed by atoms with Crippen molar-refractivity contribution in [2.45, 2.75) is 32.6 Å². The van der Waals surface area contributed by atoms with E-state index in [1.54, 1.807) is 6.20 Å². The van der Waals surface area contributed by atoms with Crippen molar-refractivity contribution in [3.05, 3.63) is 40.8 Å². The number of unbranched alkanes of at least 4 members (excludes halogenated alkanes) is 1. The SMILES string of the molecule is CCCCNC(=O)CCc1ncc(-c2cccc(Br)c2)o1. The molecule has 1 heterocycles. The number of halogens is 1. The quantitative estimate of drug-likeness (QED) is 0.769. The molecule has 0 bridgehead atoms. The highest BCUT2D eigenvalue weighted by atomic mass is 79.9. The molecule has 0 saturated heterocycles. The summed E-state index contributed by atoms with van der Waals surface area (Å²) in [5.41, 5.74) is 0.968. The van der Waals surface area contributed by atoms with Gasteiger partial charge in [0.2, 0.25) is 5.91 Å². The zero-order chi connectivity index (χ0) is 15.1. The molecular formula is C16H19BrN2O2. The van der Waals surface area contributed by atoms with Gasteiger partial charge in [0.15, 0.2) is 11.7 Å². The van der Waals surface area contributed by atoms with Gasteiger partial charge in [-0.1, -0.05) is 41.4 Å². The van der Waals surface area contributed by atoms with E-state index in [0.717, 1.165) is 35.2 Å². The van der Waals surface area contributed by atoms with E-state index in [2.05, 4.69) is 33.2 Å². The molecule has 4 nitrogen and oxygen atoms in total. The molecule has 0 aliphatic carbocycles. The average Bonchev–Trinajstić information content (AvgIpc) is 2.94. The Kier molecular flexibility index (Phi) is 5.99. The third kappa shape index (κ3) is 5.01. The maximum atomic E-state index is 11.6. The molecule has 0 aliphatic rings. The van der Waals surface area contributed by atoms with Crippen LogP contribution in [0.4, 0.5) is 0 Å². The maximum Gasteiger partial charge on any atom is 0.220 e. The van der Waals surface area contributed by atoms with Gasteiger partial charge in [0.05, 0.1) is 6.20 Å². The summed E-state index contributed by atoms with van der Waals surface area (Å²) in [4.78, 5) is 15.9. The molecule has 2 aromatic rings. The number of carbonyl (C=O) groups is 1. The van der Waals surface area contributed by atoms with Gasteiger partial charge in [-0.15, -0.1) is 0 Å². The number of rotatable bonds is 7. The number of nitrogens with zero attached hydrogens (tertiary/aromatic N) is 1. The van der Waals surface area contributed by atoms with Gasteiger partial charge in [-0.2, -0.15) is 0 Å². The summed E-state index contributed by atoms with van der Waals surface area (Å²) in [6.07, 6.45) is 4.72. The number of benzene rings is 1. The van der Waals surface area contributed by atoms with E-state index in [0.29, 0.717) is 18.7 Å². The van der Waals surface area contributed by atoms with Gasteiger partial charge in [-0.05, 0) is 18.6 Å². The number of nitrogens with one attached hydrogen (secondary N) is 1. The van der Waals surface area contributed by atoms with Crippen LogP contribution in [0.15, 0.2) is 39.4 Å². The Morgan fingerprint density at radius 3 is 3.05 bits per heavy atom. The second-order valence-corrected chi connectivity index (χ2v) is 5.75. The van der Waals surface area contributed by atoms with Crippen LogP contribution in [0.2, 0.25) is 0 Å². The molecule has 0 unspecified atom stereocenters. The Balaban J connectivity index is 1.87. The Bertz CT molecular complexity index is 595. The van der Waals surface area contributed by atoms with Crippen molar-refractivity contribution in [2.75, 3.05) is 6.54 Å². The number of carbonyl (C=O) groups excluding carboxylic acids is 1. The van der Waals surface area contributed by atoms with E-state index in [9.17, 15) is 4.79 Å². The molecule has 1 aromatic heterocycles. The summed E-state index contributed by atoms with van der Waals surface area (Å²) < 4.78 is 6.68. The number of hydrogen-bond acceptors (Lipinski definition) is 3. The van der Waals surface area contributed by atoms with Gasteiger partial charge in [0.1, 0.15) is 0 Å². The first-order chi connectivity index (χ1) is 10.2. The molecule has 5 heteroatoms. The summed E-state index contributed by atoms with van der Waals surface area (Å²) in [6, 6.07) is 7.85. The van der Waals surface area contributed by atoms with Crippen molar-refractivity contribution in [3.63, 3.8) is 0 Å². The number of hydrogen-bond donors (Lipinski definition) is 1. The van der Waals surface area contributed by atoms with Crippen LogP contribution in [0.1, 0.15) is 32.1 Å². The van der Waals surface area contributed by atoms with Crippen molar-refractivity contribution in [1.82, 2.24) is 10.3 Å². The van der Waals surface area contributed by atoms with Crippen LogP contribution < -0.4 is 5.32 Å². The first-order valence-electron chi connectivity index (χ1n) is 7.16. The van der Waals surface area contributed by atoms with E-state index in [1.807, 2.05) is 24.3 Å². The third-order valence-corrected chi connectivity index (χ3v) is 3.57. The van der Waals surface area contributed by atoms with E-state index >= 15 is 0 Å². The number of aryl methyl sites for hydroxylation is 1. The van der Waals surface area contributed by atoms with Gasteiger partial charge >= 0.3 is 0 Å². The molecule has 1 amide bonds. The van der Waals surface area contributed by atoms with Gasteiger partial charge in [0.25, 0.3) is 0 Å². The smallest absolute Gasteiger partial charge is 0.220 e.